The van der Waals surface area contributed by atoms with E-state index in [1.165, 1.54) is 0 Å². The largest absolute Gasteiger partial charge is 0.490 e. The summed E-state index contributed by atoms with van der Waals surface area (Å²) >= 11 is 0. The van der Waals surface area contributed by atoms with Crippen molar-refractivity contribution in [1.29, 1.82) is 0 Å². The maximum atomic E-state index is 12.2. The summed E-state index contributed by atoms with van der Waals surface area (Å²) in [6, 6.07) is 7.03. The number of carbonyl (C=O) groups excluding carboxylic acids is 1. The van der Waals surface area contributed by atoms with Gasteiger partial charge in [-0.3, -0.25) is 9.78 Å². The third-order valence-corrected chi connectivity index (χ3v) is 3.35. The van der Waals surface area contributed by atoms with Crippen LogP contribution < -0.4 is 11.1 Å². The number of aromatic nitrogens is 1. The molecule has 1 atom stereocenters. The van der Waals surface area contributed by atoms with Gasteiger partial charge in [0.2, 0.25) is 0 Å². The van der Waals surface area contributed by atoms with Gasteiger partial charge in [-0.25, -0.2) is 4.79 Å². The van der Waals surface area contributed by atoms with Gasteiger partial charge in [-0.2, -0.15) is 13.2 Å². The van der Waals surface area contributed by atoms with Gasteiger partial charge in [-0.1, -0.05) is 6.92 Å². The first-order valence-electron chi connectivity index (χ1n) is 7.90. The molecule has 2 aromatic heterocycles. The zero-order valence-corrected chi connectivity index (χ0v) is 14.7. The van der Waals surface area contributed by atoms with Crippen molar-refractivity contribution in [1.82, 2.24) is 10.3 Å². The number of hydrogen-bond acceptors (Lipinski definition) is 5. The standard InChI is InChI=1S/C15H19N3O2.C2HF3O2/c1-3-13(14-5-4-10(2)20-14)18-15(19)11-6-7-17-12(8-11)9-16;3-2(4,5)1(6)7/h4-8,13H,3,9,16H2,1-2H3,(H,18,19);(H,6,7)/t13-;/m0./s1. The second-order valence-corrected chi connectivity index (χ2v) is 5.43. The van der Waals surface area contributed by atoms with Crippen LogP contribution in [0.1, 0.15) is 47.0 Å². The van der Waals surface area contributed by atoms with Crippen molar-refractivity contribution in [3.63, 3.8) is 0 Å². The van der Waals surface area contributed by atoms with E-state index in [-0.39, 0.29) is 11.9 Å². The fourth-order valence-electron chi connectivity index (χ4n) is 1.99. The molecule has 7 nitrogen and oxygen atoms in total. The summed E-state index contributed by atoms with van der Waals surface area (Å²) < 4.78 is 37.3. The van der Waals surface area contributed by atoms with E-state index >= 15 is 0 Å². The van der Waals surface area contributed by atoms with Gasteiger partial charge < -0.3 is 20.6 Å². The Morgan fingerprint density at radius 3 is 2.41 bits per heavy atom. The van der Waals surface area contributed by atoms with Gasteiger partial charge >= 0.3 is 12.1 Å². The zero-order valence-electron chi connectivity index (χ0n) is 14.7. The molecule has 0 bridgehead atoms. The van der Waals surface area contributed by atoms with Gasteiger partial charge in [0.1, 0.15) is 11.5 Å². The van der Waals surface area contributed by atoms with Crippen molar-refractivity contribution in [3.05, 3.63) is 53.2 Å². The highest BCUT2D eigenvalue weighted by molar-refractivity contribution is 5.94. The number of pyridine rings is 1. The molecule has 1 amide bonds. The topological polar surface area (TPSA) is 118 Å². The smallest absolute Gasteiger partial charge is 0.475 e. The summed E-state index contributed by atoms with van der Waals surface area (Å²) in [6.07, 6.45) is -2.73. The first-order chi connectivity index (χ1) is 12.6. The van der Waals surface area contributed by atoms with Crippen molar-refractivity contribution in [3.8, 4) is 0 Å². The average Bonchev–Trinajstić information content (AvgIpc) is 3.05. The lowest BCUT2D eigenvalue weighted by molar-refractivity contribution is -0.192. The van der Waals surface area contributed by atoms with E-state index in [0.717, 1.165) is 17.9 Å². The summed E-state index contributed by atoms with van der Waals surface area (Å²) in [4.78, 5) is 25.2. The Morgan fingerprint density at radius 2 is 1.96 bits per heavy atom. The van der Waals surface area contributed by atoms with Crippen LogP contribution in [0.4, 0.5) is 13.2 Å². The number of nitrogens with two attached hydrogens (primary N) is 1. The van der Waals surface area contributed by atoms with Crippen LogP contribution in [0.25, 0.3) is 0 Å². The van der Waals surface area contributed by atoms with Crippen LogP contribution in [0.15, 0.2) is 34.9 Å². The molecule has 10 heteroatoms. The van der Waals surface area contributed by atoms with Crippen LogP contribution in [0.3, 0.4) is 0 Å². The molecule has 0 aliphatic heterocycles. The van der Waals surface area contributed by atoms with Crippen molar-refractivity contribution < 1.29 is 32.3 Å². The van der Waals surface area contributed by atoms with Crippen LogP contribution in [-0.4, -0.2) is 28.1 Å². The van der Waals surface area contributed by atoms with E-state index < -0.39 is 12.1 Å². The monoisotopic (exact) mass is 387 g/mol. The number of halogens is 3. The minimum atomic E-state index is -5.08. The number of nitrogens with zero attached hydrogens (tertiary/aromatic N) is 1. The minimum Gasteiger partial charge on any atom is -0.475 e. The number of alkyl halides is 3. The Bertz CT molecular complexity index is 775. The van der Waals surface area contributed by atoms with E-state index in [0.29, 0.717) is 17.8 Å². The Kier molecular flexibility index (Phi) is 7.98. The minimum absolute atomic E-state index is 0.134. The molecule has 2 aromatic rings. The molecular weight excluding hydrogens is 367 g/mol. The summed E-state index contributed by atoms with van der Waals surface area (Å²) in [5, 5.41) is 10.1. The summed E-state index contributed by atoms with van der Waals surface area (Å²) in [6.45, 7) is 4.20. The lowest BCUT2D eigenvalue weighted by Gasteiger charge is -2.15. The first kappa shape index (κ1) is 22.2. The third kappa shape index (κ3) is 7.10. The number of carboxylic acids is 1. The molecule has 0 unspecified atom stereocenters. The molecule has 27 heavy (non-hydrogen) atoms. The number of carbonyl (C=O) groups is 2. The lowest BCUT2D eigenvalue weighted by atomic mass is 10.1. The molecule has 0 saturated carbocycles. The number of amides is 1. The van der Waals surface area contributed by atoms with Gasteiger partial charge in [0.25, 0.3) is 5.91 Å². The summed E-state index contributed by atoms with van der Waals surface area (Å²) in [5.41, 5.74) is 6.78. The number of carboxylic acid groups (broad SMARTS) is 1. The Labute approximate surface area is 153 Å². The Balaban J connectivity index is 0.000000445. The van der Waals surface area contributed by atoms with E-state index in [1.54, 1.807) is 18.3 Å². The first-order valence-corrected chi connectivity index (χ1v) is 7.90. The second-order valence-electron chi connectivity index (χ2n) is 5.43. The highest BCUT2D eigenvalue weighted by Gasteiger charge is 2.38. The molecule has 0 aromatic carbocycles. The van der Waals surface area contributed by atoms with Crippen LogP contribution in [0, 0.1) is 6.92 Å². The van der Waals surface area contributed by atoms with Crippen molar-refractivity contribution in [2.45, 2.75) is 39.0 Å². The van der Waals surface area contributed by atoms with E-state index in [4.69, 9.17) is 20.1 Å². The van der Waals surface area contributed by atoms with Gasteiger partial charge in [-0.05, 0) is 37.6 Å². The maximum Gasteiger partial charge on any atom is 0.490 e. The molecular formula is C17H20F3N3O4. The highest BCUT2D eigenvalue weighted by atomic mass is 19.4. The number of hydrogen-bond donors (Lipinski definition) is 3. The maximum absolute atomic E-state index is 12.2. The van der Waals surface area contributed by atoms with E-state index in [2.05, 4.69) is 10.3 Å². The van der Waals surface area contributed by atoms with Crippen molar-refractivity contribution in [2.24, 2.45) is 5.73 Å². The molecule has 0 fully saturated rings. The Morgan fingerprint density at radius 1 is 1.33 bits per heavy atom. The normalized spacial score (nSPS) is 11.9. The van der Waals surface area contributed by atoms with E-state index in [1.807, 2.05) is 26.0 Å². The molecule has 0 aliphatic carbocycles. The predicted molar refractivity (Wildman–Crippen MR) is 89.8 cm³/mol. The van der Waals surface area contributed by atoms with Gasteiger partial charge in [-0.15, -0.1) is 0 Å². The van der Waals surface area contributed by atoms with Crippen LogP contribution in [-0.2, 0) is 11.3 Å². The number of aliphatic carboxylic acids is 1. The van der Waals surface area contributed by atoms with Crippen molar-refractivity contribution >= 4 is 11.9 Å². The molecule has 0 radical (unpaired) electrons. The molecule has 0 aliphatic rings. The van der Waals surface area contributed by atoms with Crippen molar-refractivity contribution in [2.75, 3.05) is 0 Å². The van der Waals surface area contributed by atoms with E-state index in [9.17, 15) is 18.0 Å². The molecule has 0 spiro atoms. The van der Waals surface area contributed by atoms with Crippen LogP contribution in [0.5, 0.6) is 0 Å². The number of rotatable bonds is 5. The fourth-order valence-corrected chi connectivity index (χ4v) is 1.99. The number of furan rings is 1. The van der Waals surface area contributed by atoms with Gasteiger partial charge in [0.05, 0.1) is 11.7 Å². The zero-order chi connectivity index (χ0) is 20.6. The summed E-state index contributed by atoms with van der Waals surface area (Å²) in [7, 11) is 0. The number of aryl methyl sites for hydroxylation is 1. The summed E-state index contributed by atoms with van der Waals surface area (Å²) in [5.74, 6) is -1.30. The van der Waals surface area contributed by atoms with Crippen LogP contribution >= 0.6 is 0 Å². The van der Waals surface area contributed by atoms with Gasteiger partial charge in [0, 0.05) is 18.3 Å². The molecule has 148 valence electrons. The number of nitrogens with one attached hydrogen (secondary N) is 1. The van der Waals surface area contributed by atoms with Gasteiger partial charge in [0.15, 0.2) is 0 Å². The quantitative estimate of drug-likeness (QED) is 0.726. The second kappa shape index (κ2) is 9.72. The molecule has 4 N–H and O–H groups in total. The Hall–Kier alpha value is -2.88. The fraction of sp³-hybridized carbons (Fsp3) is 0.353. The molecule has 2 rings (SSSR count). The predicted octanol–water partition coefficient (Wildman–Crippen LogP) is 2.96. The molecule has 0 saturated heterocycles. The highest BCUT2D eigenvalue weighted by Crippen LogP contribution is 2.19. The van der Waals surface area contributed by atoms with Crippen LogP contribution in [0.2, 0.25) is 0 Å². The average molecular weight is 387 g/mol. The lowest BCUT2D eigenvalue weighted by Crippen LogP contribution is -2.28. The SMILES string of the molecule is CC[C@H](NC(=O)c1ccnc(CN)c1)c1ccc(C)o1.O=C(O)C(F)(F)F. The molecule has 2 heterocycles. The third-order valence-electron chi connectivity index (χ3n) is 3.35.